The van der Waals surface area contributed by atoms with E-state index >= 15 is 0 Å². The maximum Gasteiger partial charge on any atom is 0.269 e. The Kier molecular flexibility index (Phi) is 4.93. The van der Waals surface area contributed by atoms with E-state index in [0.29, 0.717) is 0 Å². The molecule has 0 unspecified atom stereocenters. The van der Waals surface area contributed by atoms with Crippen LogP contribution >= 0.6 is 0 Å². The minimum absolute atomic E-state index is 0. The standard InChI is InChI=1S/C4H10O3S.H3N/c1-4(2)8(5,6)7-3;/h4H,1-3H3;1H3. The average molecular weight is 155 g/mol. The van der Waals surface area contributed by atoms with Crippen LogP contribution in [0, 0.1) is 0 Å². The van der Waals surface area contributed by atoms with Gasteiger partial charge in [0.1, 0.15) is 0 Å². The molecule has 0 spiro atoms. The Balaban J connectivity index is 0. The monoisotopic (exact) mass is 155 g/mol. The zero-order chi connectivity index (χ0) is 6.78. The first-order chi connectivity index (χ1) is 3.50. The molecule has 0 aliphatic heterocycles. The van der Waals surface area contributed by atoms with Crippen molar-refractivity contribution in [2.45, 2.75) is 19.1 Å². The predicted octanol–water partition coefficient (Wildman–Crippen LogP) is 0.533. The molecule has 0 fully saturated rings. The Morgan fingerprint density at radius 1 is 1.33 bits per heavy atom. The fraction of sp³-hybridized carbons (Fsp3) is 1.00. The van der Waals surface area contributed by atoms with Crippen molar-refractivity contribution in [3.63, 3.8) is 0 Å². The van der Waals surface area contributed by atoms with Crippen molar-refractivity contribution in [2.24, 2.45) is 0 Å². The van der Waals surface area contributed by atoms with Gasteiger partial charge in [-0.05, 0) is 13.8 Å². The van der Waals surface area contributed by atoms with Crippen LogP contribution in [-0.2, 0) is 14.3 Å². The molecule has 0 aromatic carbocycles. The topological polar surface area (TPSA) is 78.4 Å². The summed E-state index contributed by atoms with van der Waals surface area (Å²) < 4.78 is 25.1. The molecule has 0 aliphatic rings. The van der Waals surface area contributed by atoms with Gasteiger partial charge in [0.25, 0.3) is 10.1 Å². The van der Waals surface area contributed by atoms with Gasteiger partial charge < -0.3 is 6.15 Å². The number of hydrogen-bond acceptors (Lipinski definition) is 4. The first-order valence-electron chi connectivity index (χ1n) is 2.30. The summed E-state index contributed by atoms with van der Waals surface area (Å²) in [6.45, 7) is 3.14. The highest BCUT2D eigenvalue weighted by Crippen LogP contribution is 1.98. The van der Waals surface area contributed by atoms with Crippen LogP contribution in [0.3, 0.4) is 0 Å². The molecule has 0 amide bonds. The van der Waals surface area contributed by atoms with Crippen molar-refractivity contribution in [1.29, 1.82) is 0 Å². The molecule has 0 saturated carbocycles. The van der Waals surface area contributed by atoms with Gasteiger partial charge >= 0.3 is 0 Å². The van der Waals surface area contributed by atoms with Gasteiger partial charge in [0, 0.05) is 0 Å². The van der Waals surface area contributed by atoms with E-state index in [0.717, 1.165) is 7.11 Å². The maximum absolute atomic E-state index is 10.5. The zero-order valence-electron chi connectivity index (χ0n) is 5.92. The lowest BCUT2D eigenvalue weighted by molar-refractivity contribution is 0.391. The average Bonchev–Trinajstić information content (AvgIpc) is 1.67. The summed E-state index contributed by atoms with van der Waals surface area (Å²) in [5.74, 6) is 0. The van der Waals surface area contributed by atoms with Crippen LogP contribution < -0.4 is 6.15 Å². The molecule has 0 aromatic heterocycles. The van der Waals surface area contributed by atoms with Gasteiger partial charge in [-0.1, -0.05) is 0 Å². The van der Waals surface area contributed by atoms with E-state index in [-0.39, 0.29) is 6.15 Å². The van der Waals surface area contributed by atoms with Crippen molar-refractivity contribution in [3.8, 4) is 0 Å². The Morgan fingerprint density at radius 3 is 1.67 bits per heavy atom. The number of rotatable bonds is 2. The van der Waals surface area contributed by atoms with E-state index in [4.69, 9.17) is 0 Å². The van der Waals surface area contributed by atoms with Gasteiger partial charge in [-0.3, -0.25) is 4.18 Å². The third-order valence-corrected chi connectivity index (χ3v) is 2.43. The van der Waals surface area contributed by atoms with Gasteiger partial charge in [0.2, 0.25) is 0 Å². The van der Waals surface area contributed by atoms with Gasteiger partial charge in [-0.15, -0.1) is 0 Å². The van der Waals surface area contributed by atoms with Crippen LogP contribution in [0.2, 0.25) is 0 Å². The third kappa shape index (κ3) is 3.45. The van der Waals surface area contributed by atoms with Crippen LogP contribution in [0.5, 0.6) is 0 Å². The van der Waals surface area contributed by atoms with Crippen molar-refractivity contribution >= 4 is 10.1 Å². The predicted molar refractivity (Wildman–Crippen MR) is 36.1 cm³/mol. The Labute approximate surface area is 55.9 Å². The molecule has 58 valence electrons. The SMILES string of the molecule is COS(=O)(=O)C(C)C.N. The highest BCUT2D eigenvalue weighted by molar-refractivity contribution is 7.87. The molecule has 0 rings (SSSR count). The van der Waals surface area contributed by atoms with Crippen LogP contribution in [0.25, 0.3) is 0 Å². The molecular weight excluding hydrogens is 142 g/mol. The molecule has 5 heteroatoms. The second-order valence-corrected chi connectivity index (χ2v) is 3.97. The van der Waals surface area contributed by atoms with E-state index in [1.165, 1.54) is 0 Å². The van der Waals surface area contributed by atoms with E-state index in [1.807, 2.05) is 0 Å². The van der Waals surface area contributed by atoms with Gasteiger partial charge in [-0.25, -0.2) is 0 Å². The molecular formula is C4H13NO3S. The summed E-state index contributed by atoms with van der Waals surface area (Å²) in [5, 5.41) is -0.438. The van der Waals surface area contributed by atoms with Crippen molar-refractivity contribution in [1.82, 2.24) is 6.15 Å². The Morgan fingerprint density at radius 2 is 1.67 bits per heavy atom. The molecule has 0 heterocycles. The normalized spacial score (nSPS) is 11.1. The van der Waals surface area contributed by atoms with Crippen molar-refractivity contribution in [3.05, 3.63) is 0 Å². The second-order valence-electron chi connectivity index (χ2n) is 1.71. The first kappa shape index (κ1) is 11.6. The minimum Gasteiger partial charge on any atom is -0.344 e. The fourth-order valence-electron chi connectivity index (χ4n) is 0.192. The lowest BCUT2D eigenvalue weighted by Crippen LogP contribution is -2.14. The van der Waals surface area contributed by atoms with E-state index in [2.05, 4.69) is 4.18 Å². The fourth-order valence-corrected chi connectivity index (χ4v) is 0.577. The van der Waals surface area contributed by atoms with Crippen LogP contribution in [0.1, 0.15) is 13.8 Å². The molecule has 0 aromatic rings. The molecule has 3 N–H and O–H groups in total. The van der Waals surface area contributed by atoms with Crippen molar-refractivity contribution < 1.29 is 12.6 Å². The van der Waals surface area contributed by atoms with Crippen LogP contribution in [0.4, 0.5) is 0 Å². The lowest BCUT2D eigenvalue weighted by atomic mass is 10.6. The van der Waals surface area contributed by atoms with Gasteiger partial charge in [0.15, 0.2) is 0 Å². The highest BCUT2D eigenvalue weighted by Gasteiger charge is 2.12. The molecule has 0 atom stereocenters. The number of hydrogen-bond donors (Lipinski definition) is 1. The van der Waals surface area contributed by atoms with E-state index in [9.17, 15) is 8.42 Å². The van der Waals surface area contributed by atoms with E-state index < -0.39 is 15.4 Å². The van der Waals surface area contributed by atoms with Crippen LogP contribution in [-0.4, -0.2) is 20.8 Å². The lowest BCUT2D eigenvalue weighted by Gasteiger charge is -2.01. The Bertz CT molecular complexity index is 149. The van der Waals surface area contributed by atoms with Crippen LogP contribution in [0.15, 0.2) is 0 Å². The summed E-state index contributed by atoms with van der Waals surface area (Å²) in [4.78, 5) is 0. The highest BCUT2D eigenvalue weighted by atomic mass is 32.2. The molecule has 9 heavy (non-hydrogen) atoms. The van der Waals surface area contributed by atoms with Gasteiger partial charge in [-0.2, -0.15) is 8.42 Å². The van der Waals surface area contributed by atoms with Crippen molar-refractivity contribution in [2.75, 3.05) is 7.11 Å². The Hall–Kier alpha value is -0.130. The minimum atomic E-state index is -3.24. The molecule has 0 bridgehead atoms. The summed E-state index contributed by atoms with van der Waals surface area (Å²) in [7, 11) is -2.07. The maximum atomic E-state index is 10.5. The molecule has 4 nitrogen and oxygen atoms in total. The van der Waals surface area contributed by atoms with Gasteiger partial charge in [0.05, 0.1) is 12.4 Å². The summed E-state index contributed by atoms with van der Waals surface area (Å²) in [6, 6.07) is 0. The zero-order valence-corrected chi connectivity index (χ0v) is 6.73. The van der Waals surface area contributed by atoms with E-state index in [1.54, 1.807) is 13.8 Å². The first-order valence-corrected chi connectivity index (χ1v) is 3.77. The third-order valence-electron chi connectivity index (χ3n) is 0.810. The smallest absolute Gasteiger partial charge is 0.269 e. The summed E-state index contributed by atoms with van der Waals surface area (Å²) >= 11 is 0. The summed E-state index contributed by atoms with van der Waals surface area (Å²) in [5.41, 5.74) is 0. The summed E-state index contributed by atoms with van der Waals surface area (Å²) in [6.07, 6.45) is 0. The molecule has 0 radical (unpaired) electrons. The molecule has 0 aliphatic carbocycles. The quantitative estimate of drug-likeness (QED) is 0.590. The second kappa shape index (κ2) is 3.81. The molecule has 0 saturated heterocycles. The largest absolute Gasteiger partial charge is 0.344 e.